The van der Waals surface area contributed by atoms with Crippen molar-refractivity contribution in [3.63, 3.8) is 0 Å². The summed E-state index contributed by atoms with van der Waals surface area (Å²) < 4.78 is 13.0. The molecule has 2 amide bonds. The minimum atomic E-state index is -0.533. The summed E-state index contributed by atoms with van der Waals surface area (Å²) in [6, 6.07) is 14.5. The predicted octanol–water partition coefficient (Wildman–Crippen LogP) is 3.34. The van der Waals surface area contributed by atoms with Crippen LogP contribution in [-0.2, 0) is 16.1 Å². The summed E-state index contributed by atoms with van der Waals surface area (Å²) >= 11 is 6.03. The van der Waals surface area contributed by atoms with Crippen LogP contribution < -0.4 is 0 Å². The van der Waals surface area contributed by atoms with E-state index in [-0.39, 0.29) is 17.2 Å². The van der Waals surface area contributed by atoms with Gasteiger partial charge in [-0.1, -0.05) is 54.1 Å². The van der Waals surface area contributed by atoms with Gasteiger partial charge in [0.05, 0.1) is 12.1 Å². The first-order chi connectivity index (χ1) is 10.6. The highest BCUT2D eigenvalue weighted by Crippen LogP contribution is 2.32. The molecule has 0 spiro atoms. The topological polar surface area (TPSA) is 37.4 Å². The van der Waals surface area contributed by atoms with Gasteiger partial charge < -0.3 is 0 Å². The standard InChI is InChI=1S/C17H11ClFNO2/c18-15-14(12-6-8-13(19)9-7-12)16(21)20(17(15)22)10-11-4-2-1-3-5-11/h1-9H,10H2. The van der Waals surface area contributed by atoms with Gasteiger partial charge in [0.15, 0.2) is 0 Å². The molecular weight excluding hydrogens is 305 g/mol. The Balaban J connectivity index is 1.92. The van der Waals surface area contributed by atoms with Gasteiger partial charge >= 0.3 is 0 Å². The molecule has 1 aliphatic rings. The molecule has 0 radical (unpaired) electrons. The van der Waals surface area contributed by atoms with Crippen LogP contribution in [0.15, 0.2) is 59.6 Å². The summed E-state index contributed by atoms with van der Waals surface area (Å²) in [6.07, 6.45) is 0. The molecule has 110 valence electrons. The average molecular weight is 316 g/mol. The van der Waals surface area contributed by atoms with E-state index in [0.29, 0.717) is 5.56 Å². The van der Waals surface area contributed by atoms with Gasteiger partial charge in [0.25, 0.3) is 11.8 Å². The molecule has 1 heterocycles. The quantitative estimate of drug-likeness (QED) is 0.815. The highest BCUT2D eigenvalue weighted by atomic mass is 35.5. The Morgan fingerprint density at radius 3 is 2.18 bits per heavy atom. The smallest absolute Gasteiger partial charge is 0.269 e. The SMILES string of the molecule is O=C1C(Cl)=C(c2ccc(F)cc2)C(=O)N1Cc1ccccc1. The Morgan fingerprint density at radius 2 is 1.55 bits per heavy atom. The molecule has 1 aliphatic heterocycles. The van der Waals surface area contributed by atoms with Crippen molar-refractivity contribution in [2.24, 2.45) is 0 Å². The third-order valence-electron chi connectivity index (χ3n) is 3.43. The number of rotatable bonds is 3. The fourth-order valence-electron chi connectivity index (χ4n) is 2.32. The minimum Gasteiger partial charge on any atom is -0.269 e. The first-order valence-corrected chi connectivity index (χ1v) is 7.01. The highest BCUT2D eigenvalue weighted by Gasteiger charge is 2.37. The van der Waals surface area contributed by atoms with Crippen molar-refractivity contribution in [3.8, 4) is 0 Å². The number of hydrogen-bond acceptors (Lipinski definition) is 2. The molecule has 0 saturated heterocycles. The fourth-order valence-corrected chi connectivity index (χ4v) is 2.61. The Morgan fingerprint density at radius 1 is 0.909 bits per heavy atom. The zero-order valence-corrected chi connectivity index (χ0v) is 12.2. The lowest BCUT2D eigenvalue weighted by molar-refractivity contribution is -0.137. The van der Waals surface area contributed by atoms with Crippen LogP contribution in [-0.4, -0.2) is 16.7 Å². The number of benzene rings is 2. The second-order valence-electron chi connectivity index (χ2n) is 4.88. The number of halogens is 2. The van der Waals surface area contributed by atoms with Gasteiger partial charge in [0.2, 0.25) is 0 Å². The van der Waals surface area contributed by atoms with Gasteiger partial charge in [-0.05, 0) is 23.3 Å². The van der Waals surface area contributed by atoms with Crippen LogP contribution in [0.5, 0.6) is 0 Å². The van der Waals surface area contributed by atoms with Gasteiger partial charge in [0, 0.05) is 0 Å². The number of amides is 2. The van der Waals surface area contributed by atoms with E-state index in [0.717, 1.165) is 10.5 Å². The van der Waals surface area contributed by atoms with Crippen molar-refractivity contribution in [3.05, 3.63) is 76.6 Å². The molecule has 0 unspecified atom stereocenters. The van der Waals surface area contributed by atoms with Crippen molar-refractivity contribution in [2.75, 3.05) is 0 Å². The number of hydrogen-bond donors (Lipinski definition) is 0. The van der Waals surface area contributed by atoms with E-state index in [1.165, 1.54) is 24.3 Å². The maximum atomic E-state index is 13.0. The lowest BCUT2D eigenvalue weighted by Gasteiger charge is -2.14. The van der Waals surface area contributed by atoms with Crippen LogP contribution in [0.2, 0.25) is 0 Å². The van der Waals surface area contributed by atoms with E-state index in [2.05, 4.69) is 0 Å². The van der Waals surface area contributed by atoms with Crippen LogP contribution in [0.25, 0.3) is 5.57 Å². The molecule has 2 aromatic rings. The van der Waals surface area contributed by atoms with Crippen molar-refractivity contribution < 1.29 is 14.0 Å². The maximum absolute atomic E-state index is 13.0. The third kappa shape index (κ3) is 2.53. The summed E-state index contributed by atoms with van der Waals surface area (Å²) in [6.45, 7) is 0.152. The summed E-state index contributed by atoms with van der Waals surface area (Å²) in [5, 5.41) is -0.132. The molecule has 0 fully saturated rings. The first kappa shape index (κ1) is 14.5. The molecule has 0 N–H and O–H groups in total. The maximum Gasteiger partial charge on any atom is 0.273 e. The zero-order chi connectivity index (χ0) is 15.7. The van der Waals surface area contributed by atoms with Gasteiger partial charge in [-0.2, -0.15) is 0 Å². The molecule has 0 bridgehead atoms. The van der Waals surface area contributed by atoms with Gasteiger partial charge in [-0.25, -0.2) is 4.39 Å². The molecule has 0 aliphatic carbocycles. The Bertz CT molecular complexity index is 769. The summed E-state index contributed by atoms with van der Waals surface area (Å²) in [7, 11) is 0. The van der Waals surface area contributed by atoms with Crippen LogP contribution in [0.4, 0.5) is 4.39 Å². The Labute approximate surface area is 131 Å². The van der Waals surface area contributed by atoms with Crippen molar-refractivity contribution in [2.45, 2.75) is 6.54 Å². The molecule has 0 aromatic heterocycles. The van der Waals surface area contributed by atoms with Crippen LogP contribution in [0, 0.1) is 5.82 Å². The molecule has 3 rings (SSSR count). The zero-order valence-electron chi connectivity index (χ0n) is 11.4. The molecule has 5 heteroatoms. The lowest BCUT2D eigenvalue weighted by atomic mass is 10.1. The molecule has 0 saturated carbocycles. The van der Waals surface area contributed by atoms with Gasteiger partial charge in [0.1, 0.15) is 10.8 Å². The minimum absolute atomic E-state index is 0.114. The van der Waals surface area contributed by atoms with E-state index in [9.17, 15) is 14.0 Å². The van der Waals surface area contributed by atoms with E-state index < -0.39 is 17.6 Å². The molecule has 0 atom stereocenters. The molecular formula is C17H11ClFNO2. The van der Waals surface area contributed by atoms with Crippen molar-refractivity contribution in [1.82, 2.24) is 4.90 Å². The second-order valence-corrected chi connectivity index (χ2v) is 5.26. The first-order valence-electron chi connectivity index (χ1n) is 6.64. The number of nitrogens with zero attached hydrogens (tertiary/aromatic N) is 1. The van der Waals surface area contributed by atoms with Crippen LogP contribution in [0.3, 0.4) is 0 Å². The monoisotopic (exact) mass is 315 g/mol. The molecule has 3 nitrogen and oxygen atoms in total. The Kier molecular flexibility index (Phi) is 3.77. The summed E-state index contributed by atoms with van der Waals surface area (Å²) in [5.74, 6) is -1.42. The third-order valence-corrected chi connectivity index (χ3v) is 3.78. The largest absolute Gasteiger partial charge is 0.273 e. The molecule has 22 heavy (non-hydrogen) atoms. The van der Waals surface area contributed by atoms with Gasteiger partial charge in [-0.3, -0.25) is 14.5 Å². The van der Waals surface area contributed by atoms with Crippen LogP contribution >= 0.6 is 11.6 Å². The van der Waals surface area contributed by atoms with Gasteiger partial charge in [-0.15, -0.1) is 0 Å². The van der Waals surface area contributed by atoms with E-state index in [1.807, 2.05) is 30.3 Å². The number of carbonyl (C=O) groups is 2. The highest BCUT2D eigenvalue weighted by molar-refractivity contribution is 6.55. The fraction of sp³-hybridized carbons (Fsp3) is 0.0588. The number of imide groups is 1. The van der Waals surface area contributed by atoms with Crippen molar-refractivity contribution in [1.29, 1.82) is 0 Å². The summed E-state index contributed by atoms with van der Waals surface area (Å²) in [5.41, 5.74) is 1.37. The predicted molar refractivity (Wildman–Crippen MR) is 81.2 cm³/mol. The number of carbonyl (C=O) groups excluding carboxylic acids is 2. The second kappa shape index (κ2) is 5.73. The Hall–Kier alpha value is -2.46. The van der Waals surface area contributed by atoms with Crippen LogP contribution in [0.1, 0.15) is 11.1 Å². The average Bonchev–Trinajstić information content (AvgIpc) is 2.73. The van der Waals surface area contributed by atoms with E-state index in [4.69, 9.17) is 11.6 Å². The normalized spacial score (nSPS) is 14.9. The van der Waals surface area contributed by atoms with Crippen molar-refractivity contribution >= 4 is 29.0 Å². The molecule has 2 aromatic carbocycles. The lowest BCUT2D eigenvalue weighted by Crippen LogP contribution is -2.30. The van der Waals surface area contributed by atoms with E-state index >= 15 is 0 Å². The summed E-state index contributed by atoms with van der Waals surface area (Å²) in [4.78, 5) is 25.8. The van der Waals surface area contributed by atoms with E-state index in [1.54, 1.807) is 0 Å².